The summed E-state index contributed by atoms with van der Waals surface area (Å²) in [6.07, 6.45) is 8.97. The fourth-order valence-corrected chi connectivity index (χ4v) is 12.0. The minimum Gasteiger partial charge on any atom is -0.457 e. The lowest BCUT2D eigenvalue weighted by atomic mass is 9.43. The molecule has 4 fully saturated rings. The fraction of sp³-hybridized carbons (Fsp3) is 0.571. The molecule has 0 radical (unpaired) electrons. The van der Waals surface area contributed by atoms with Crippen LogP contribution in [-0.2, 0) is 9.53 Å². The summed E-state index contributed by atoms with van der Waals surface area (Å²) in [6, 6.07) is 18.4. The van der Waals surface area contributed by atoms with Crippen molar-refractivity contribution in [2.75, 3.05) is 6.61 Å². The number of carbonyl (C=O) groups excluding carboxylic acids is 2. The number of fused-ring (bicyclic) bond motifs is 5. The quantitative estimate of drug-likeness (QED) is 0.121. The van der Waals surface area contributed by atoms with E-state index in [2.05, 4.69) is 57.2 Å². The third-order valence-corrected chi connectivity index (χ3v) is 14.5. The first-order valence-electron chi connectivity index (χ1n) is 18.3. The zero-order valence-electron chi connectivity index (χ0n) is 28.2. The molecule has 10 atom stereocenters. The number of ether oxygens (including phenoxy) is 1. The summed E-state index contributed by atoms with van der Waals surface area (Å²) in [5.41, 5.74) is 0.693. The molecule has 0 unspecified atom stereocenters. The second-order valence-electron chi connectivity index (χ2n) is 16.5. The van der Waals surface area contributed by atoms with Crippen molar-refractivity contribution in [1.82, 2.24) is 0 Å². The number of ketones is 1. The van der Waals surface area contributed by atoms with Crippen LogP contribution in [0.5, 0.6) is 0 Å². The van der Waals surface area contributed by atoms with E-state index in [1.165, 1.54) is 18.2 Å². The van der Waals surface area contributed by atoms with Gasteiger partial charge in [-0.25, -0.2) is 0 Å². The molecule has 2 N–H and O–H groups in total. The van der Waals surface area contributed by atoms with Gasteiger partial charge in [-0.2, -0.15) is 0 Å². The topological polar surface area (TPSA) is 83.8 Å². The van der Waals surface area contributed by atoms with Crippen molar-refractivity contribution >= 4 is 44.1 Å². The van der Waals surface area contributed by atoms with Crippen molar-refractivity contribution in [1.29, 1.82) is 0 Å². The first kappa shape index (κ1) is 31.3. The largest absolute Gasteiger partial charge is 0.457 e. The lowest BCUT2D eigenvalue weighted by molar-refractivity contribution is -0.175. The predicted molar refractivity (Wildman–Crippen MR) is 186 cm³/mol. The molecule has 0 aromatic heterocycles. The van der Waals surface area contributed by atoms with E-state index in [4.69, 9.17) is 4.74 Å². The number of hydrogen-bond donors (Lipinski definition) is 2. The summed E-state index contributed by atoms with van der Waals surface area (Å²) < 4.78 is 5.60. The minimum atomic E-state index is -0.332. The Hall–Kier alpha value is -3.02. The molecule has 8 rings (SSSR count). The van der Waals surface area contributed by atoms with Crippen LogP contribution in [0.3, 0.4) is 0 Å². The van der Waals surface area contributed by atoms with Gasteiger partial charge in [-0.3, -0.25) is 9.59 Å². The van der Waals surface area contributed by atoms with Crippen LogP contribution < -0.4 is 0 Å². The van der Waals surface area contributed by atoms with Crippen molar-refractivity contribution in [3.63, 3.8) is 0 Å². The number of carbonyl (C=O) groups is 2. The maximum Gasteiger partial charge on any atom is 0.306 e. The molecule has 47 heavy (non-hydrogen) atoms. The van der Waals surface area contributed by atoms with Gasteiger partial charge in [0.05, 0.1) is 12.2 Å². The van der Waals surface area contributed by atoms with Crippen molar-refractivity contribution in [2.24, 2.45) is 46.3 Å². The Morgan fingerprint density at radius 3 is 2.36 bits per heavy atom. The van der Waals surface area contributed by atoms with E-state index in [1.807, 2.05) is 18.2 Å². The molecule has 4 aromatic carbocycles. The summed E-state index contributed by atoms with van der Waals surface area (Å²) in [4.78, 5) is 26.4. The highest BCUT2D eigenvalue weighted by Crippen LogP contribution is 2.68. The predicted octanol–water partition coefficient (Wildman–Crippen LogP) is 8.72. The van der Waals surface area contributed by atoms with Gasteiger partial charge in [0.1, 0.15) is 0 Å². The molecule has 0 heterocycles. The van der Waals surface area contributed by atoms with E-state index in [0.717, 1.165) is 65.5 Å². The fourth-order valence-electron chi connectivity index (χ4n) is 12.0. The molecule has 248 valence electrons. The standard InChI is InChI=1S/C42H50O5/c1-24(33-16-17-34-32-15-12-28-21-29(43)19-20-41(28,2)35(32)22-37(45)42(33,34)3)7-18-38(46)47-23-36(44)30-13-10-27-9-8-25-5-4-6-26-11-14-31(30)40(27)39(25)26/h4-6,8-11,13-14,24,28-29,32-35,37,43,45H,7,12,15-23H2,1-3H3/t24-,28-,29-,32+,33-,34+,35+,37+,41+,42-/m1/s1. The van der Waals surface area contributed by atoms with Crippen molar-refractivity contribution in [3.8, 4) is 0 Å². The van der Waals surface area contributed by atoms with Crippen LogP contribution in [0, 0.1) is 46.3 Å². The first-order valence-corrected chi connectivity index (χ1v) is 18.3. The summed E-state index contributed by atoms with van der Waals surface area (Å²) in [5.74, 6) is 2.44. The van der Waals surface area contributed by atoms with Gasteiger partial charge in [0.2, 0.25) is 5.78 Å². The van der Waals surface area contributed by atoms with E-state index in [9.17, 15) is 19.8 Å². The highest BCUT2D eigenvalue weighted by Gasteiger charge is 2.63. The Bertz CT molecular complexity index is 1810. The van der Waals surface area contributed by atoms with Gasteiger partial charge in [-0.15, -0.1) is 0 Å². The lowest BCUT2D eigenvalue weighted by Gasteiger charge is -2.62. The van der Waals surface area contributed by atoms with E-state index in [-0.39, 0.29) is 53.7 Å². The van der Waals surface area contributed by atoms with Crippen LogP contribution in [0.4, 0.5) is 0 Å². The first-order chi connectivity index (χ1) is 22.6. The van der Waals surface area contributed by atoms with Crippen LogP contribution in [-0.4, -0.2) is 40.8 Å². The smallest absolute Gasteiger partial charge is 0.306 e. The van der Waals surface area contributed by atoms with Crippen LogP contribution in [0.15, 0.2) is 54.6 Å². The molecule has 0 spiro atoms. The van der Waals surface area contributed by atoms with Gasteiger partial charge in [0.15, 0.2) is 6.61 Å². The lowest BCUT2D eigenvalue weighted by Crippen LogP contribution is -2.58. The van der Waals surface area contributed by atoms with Crippen molar-refractivity contribution in [3.05, 3.63) is 60.2 Å². The zero-order valence-corrected chi connectivity index (χ0v) is 28.2. The Labute approximate surface area is 278 Å². The SMILES string of the molecule is C[C@H](CCC(=O)OCC(=O)c1ccc2ccc3cccc4ccc1c2c34)[C@H]1CC[C@H]2[C@@H]3CC[C@@H]4C[C@H](O)CC[C@]4(C)[C@H]3C[C@H](O)[C@]12C. The number of benzene rings is 4. The number of Topliss-reactive ketones (excluding diaryl/α,β-unsaturated/α-hetero) is 1. The monoisotopic (exact) mass is 634 g/mol. The van der Waals surface area contributed by atoms with Crippen molar-refractivity contribution in [2.45, 2.75) is 97.2 Å². The van der Waals surface area contributed by atoms with Crippen LogP contribution >= 0.6 is 0 Å². The normalized spacial score (nSPS) is 35.8. The molecule has 5 heteroatoms. The maximum atomic E-state index is 13.4. The Morgan fingerprint density at radius 2 is 1.57 bits per heavy atom. The number of hydrogen-bond acceptors (Lipinski definition) is 5. The number of aliphatic hydroxyl groups excluding tert-OH is 2. The minimum absolute atomic E-state index is 0.132. The molecule has 4 aromatic rings. The molecule has 4 aliphatic rings. The third-order valence-electron chi connectivity index (χ3n) is 14.5. The number of aliphatic hydroxyl groups is 2. The second kappa shape index (κ2) is 11.6. The van der Waals surface area contributed by atoms with E-state index in [0.29, 0.717) is 41.6 Å². The van der Waals surface area contributed by atoms with E-state index >= 15 is 0 Å². The van der Waals surface area contributed by atoms with Gasteiger partial charge >= 0.3 is 5.97 Å². The maximum absolute atomic E-state index is 13.4. The Morgan fingerprint density at radius 1 is 0.851 bits per heavy atom. The number of esters is 1. The molecule has 0 bridgehead atoms. The average Bonchev–Trinajstić information content (AvgIpc) is 3.44. The zero-order chi connectivity index (χ0) is 32.7. The third kappa shape index (κ3) is 4.85. The molecule has 0 amide bonds. The van der Waals surface area contributed by atoms with Gasteiger partial charge in [-0.1, -0.05) is 75.4 Å². The van der Waals surface area contributed by atoms with Crippen LogP contribution in [0.25, 0.3) is 32.3 Å². The second-order valence-corrected chi connectivity index (χ2v) is 16.5. The highest BCUT2D eigenvalue weighted by atomic mass is 16.5. The Balaban J connectivity index is 0.909. The summed E-state index contributed by atoms with van der Waals surface area (Å²) in [5, 5.41) is 28.8. The van der Waals surface area contributed by atoms with E-state index in [1.54, 1.807) is 0 Å². The molecule has 4 saturated carbocycles. The Kier molecular flexibility index (Phi) is 7.68. The van der Waals surface area contributed by atoms with Gasteiger partial charge in [-0.05, 0) is 136 Å². The molecule has 4 aliphatic carbocycles. The highest BCUT2D eigenvalue weighted by molar-refractivity contribution is 6.26. The van der Waals surface area contributed by atoms with Gasteiger partial charge in [0, 0.05) is 12.0 Å². The molecular formula is C42H50O5. The molecule has 0 saturated heterocycles. The van der Waals surface area contributed by atoms with Crippen molar-refractivity contribution < 1.29 is 24.5 Å². The van der Waals surface area contributed by atoms with Crippen LogP contribution in [0.2, 0.25) is 0 Å². The van der Waals surface area contributed by atoms with E-state index < -0.39 is 0 Å². The number of rotatable bonds is 7. The summed E-state index contributed by atoms with van der Waals surface area (Å²) >= 11 is 0. The average molecular weight is 635 g/mol. The molecule has 0 aliphatic heterocycles. The summed E-state index contributed by atoms with van der Waals surface area (Å²) in [6.45, 7) is 6.81. The molecule has 5 nitrogen and oxygen atoms in total. The van der Waals surface area contributed by atoms with Gasteiger partial charge < -0.3 is 14.9 Å². The van der Waals surface area contributed by atoms with Crippen LogP contribution in [0.1, 0.15) is 95.3 Å². The summed E-state index contributed by atoms with van der Waals surface area (Å²) in [7, 11) is 0. The molecular weight excluding hydrogens is 584 g/mol. The van der Waals surface area contributed by atoms with Gasteiger partial charge in [0.25, 0.3) is 0 Å².